The van der Waals surface area contributed by atoms with E-state index in [9.17, 15) is 43.2 Å². The van der Waals surface area contributed by atoms with Gasteiger partial charge in [0.15, 0.2) is 11.6 Å². The number of methoxy groups -OCH3 is 2. The van der Waals surface area contributed by atoms with E-state index < -0.39 is 59.3 Å². The van der Waals surface area contributed by atoms with E-state index in [1.165, 1.54) is 42.5 Å². The molecule has 0 radical (unpaired) electrons. The Morgan fingerprint density at radius 2 is 0.944 bits per heavy atom. The maximum atomic E-state index is 12.6. The van der Waals surface area contributed by atoms with Crippen LogP contribution in [-0.2, 0) is 33.4 Å². The minimum absolute atomic E-state index is 0. The molecule has 4 aromatic carbocycles. The maximum Gasteiger partial charge on any atom is 0.412 e. The molecule has 0 saturated heterocycles. The number of rotatable bonds is 19. The second-order valence-electron chi connectivity index (χ2n) is 15.6. The Morgan fingerprint density at radius 1 is 0.569 bits per heavy atom. The largest absolute Gasteiger partial charge is 0.467 e. The molecule has 2 atom stereocenters. The fourth-order valence-corrected chi connectivity index (χ4v) is 7.00. The van der Waals surface area contributed by atoms with Crippen LogP contribution < -0.4 is 32.3 Å². The third kappa shape index (κ3) is 22.2. The van der Waals surface area contributed by atoms with Crippen molar-refractivity contribution in [1.82, 2.24) is 21.3 Å². The van der Waals surface area contributed by atoms with Gasteiger partial charge in [-0.2, -0.15) is 27.0 Å². The first-order valence-electron chi connectivity index (χ1n) is 20.7. The first kappa shape index (κ1) is 66.0. The maximum absolute atomic E-state index is 12.6. The third-order valence-corrected chi connectivity index (χ3v) is 10.5. The summed E-state index contributed by atoms with van der Waals surface area (Å²) in [6.07, 6.45) is -1.02. The fourth-order valence-electron chi connectivity index (χ4n) is 5.86. The zero-order valence-corrected chi connectivity index (χ0v) is 44.0. The molecule has 392 valence electrons. The number of carbonyl (C=O) groups excluding carboxylic acids is 9. The minimum Gasteiger partial charge on any atom is -0.467 e. The summed E-state index contributed by atoms with van der Waals surface area (Å²) in [7, 11) is 2.31. The van der Waals surface area contributed by atoms with E-state index in [0.29, 0.717) is 16.9 Å². The highest BCUT2D eigenvalue weighted by Gasteiger charge is 2.27. The average molecular weight is 1120 g/mol. The van der Waals surface area contributed by atoms with E-state index in [1.807, 2.05) is 0 Å². The summed E-state index contributed by atoms with van der Waals surface area (Å²) in [4.78, 5) is 111. The molecule has 0 unspecified atom stereocenters. The first-order valence-corrected chi connectivity index (χ1v) is 22.2. The Kier molecular flexibility index (Phi) is 29.4. The normalized spacial score (nSPS) is 11.0. The van der Waals surface area contributed by atoms with Crippen LogP contribution in [0.5, 0.6) is 0 Å². The van der Waals surface area contributed by atoms with Crippen molar-refractivity contribution in [2.75, 3.05) is 38.4 Å². The van der Waals surface area contributed by atoms with Crippen molar-refractivity contribution in [3.63, 3.8) is 0 Å². The van der Waals surface area contributed by atoms with Crippen molar-refractivity contribution in [2.45, 2.75) is 71.6 Å². The molecular weight excluding hydrogens is 1060 g/mol. The van der Waals surface area contributed by atoms with E-state index >= 15 is 0 Å². The number of anilines is 2. The SMILES string of the molecule is C.COC(=O)[C@H](CCC(=O)CNC(=O)c1cccc(N)c1)NC(=O)c1c(Cl)cccc1Cl.COC(=O)[C@H](CCC(=O)CNC(=O)c1cccc(NC(=O)OC(C)(C)C)c1)NC(=O)c1c(Cl)cccc1Cl.S.S. The molecule has 0 heterocycles. The lowest BCUT2D eigenvalue weighted by molar-refractivity contribution is -0.144. The fraction of sp³-hybridized carbons (Fsp3) is 0.312. The Labute approximate surface area is 451 Å². The monoisotopic (exact) mass is 1110 g/mol. The smallest absolute Gasteiger partial charge is 0.412 e. The number of amides is 5. The van der Waals surface area contributed by atoms with Gasteiger partial charge in [-0.05, 0) is 94.3 Å². The standard InChI is InChI=1S/C26H29Cl2N3O7.C21H21Cl2N3O5.CH4.2H2S/c1-26(2,3)38-25(36)30-16-8-5-7-15(13-16)22(33)29-14-17(32)11-12-20(24(35)37-4)31-23(34)21-18(27)9-6-10-19(21)28;1-31-21(30)17(26-20(29)18-15(22)6-3-7-16(18)23)9-8-14(27)11-25-19(28)12-4-2-5-13(24)10-12;;;/h5-10,13,20H,11-12,14H2,1-4H3,(H,29,33)(H,30,36)(H,31,34);2-7,10,17H,8-9,11,24H2,1H3,(H,25,28)(H,26,29);1H4;2*1H2/t20-;17-;;;/m00.../s1. The molecule has 4 rings (SSSR count). The minimum atomic E-state index is -1.14. The summed E-state index contributed by atoms with van der Waals surface area (Å²) >= 11 is 24.1. The molecule has 0 aromatic heterocycles. The van der Waals surface area contributed by atoms with Crippen LogP contribution in [0, 0.1) is 0 Å². The van der Waals surface area contributed by atoms with Crippen LogP contribution in [0.4, 0.5) is 16.2 Å². The van der Waals surface area contributed by atoms with Gasteiger partial charge in [-0.3, -0.25) is 34.1 Å². The van der Waals surface area contributed by atoms with Gasteiger partial charge in [0.05, 0.1) is 58.5 Å². The molecular formula is C48H58Cl4N6O12S2. The van der Waals surface area contributed by atoms with Gasteiger partial charge in [0, 0.05) is 35.3 Å². The molecule has 0 bridgehead atoms. The molecule has 18 nitrogen and oxygen atoms in total. The number of benzene rings is 4. The number of Topliss-reactive ketones (excluding diaryl/α,β-unsaturated/α-hetero) is 2. The number of nitrogen functional groups attached to an aromatic ring is 1. The number of halogens is 4. The molecule has 0 aliphatic rings. The number of hydrogen-bond donors (Lipinski definition) is 6. The van der Waals surface area contributed by atoms with Crippen LogP contribution in [0.25, 0.3) is 0 Å². The third-order valence-electron chi connectivity index (χ3n) is 9.20. The quantitative estimate of drug-likeness (QED) is 0.0297. The zero-order valence-electron chi connectivity index (χ0n) is 39.0. The van der Waals surface area contributed by atoms with E-state index in [-0.39, 0.29) is 122 Å². The zero-order chi connectivity index (χ0) is 51.4. The van der Waals surface area contributed by atoms with Crippen molar-refractivity contribution >= 4 is 138 Å². The van der Waals surface area contributed by atoms with Gasteiger partial charge >= 0.3 is 18.0 Å². The topological polar surface area (TPSA) is 267 Å². The number of nitrogens with two attached hydrogens (primary N) is 1. The van der Waals surface area contributed by atoms with Gasteiger partial charge in [0.1, 0.15) is 17.7 Å². The van der Waals surface area contributed by atoms with Gasteiger partial charge in [-0.15, -0.1) is 0 Å². The summed E-state index contributed by atoms with van der Waals surface area (Å²) in [5.74, 6) is -4.58. The Hall–Kier alpha value is -6.03. The van der Waals surface area contributed by atoms with Gasteiger partial charge < -0.3 is 41.2 Å². The molecule has 7 N–H and O–H groups in total. The molecule has 4 aromatic rings. The first-order chi connectivity index (χ1) is 32.5. The summed E-state index contributed by atoms with van der Waals surface area (Å²) in [5.41, 5.74) is 6.26. The second-order valence-corrected chi connectivity index (χ2v) is 17.3. The lowest BCUT2D eigenvalue weighted by atomic mass is 10.1. The van der Waals surface area contributed by atoms with Gasteiger partial charge in [0.25, 0.3) is 23.6 Å². The van der Waals surface area contributed by atoms with Crippen LogP contribution in [0.3, 0.4) is 0 Å². The van der Waals surface area contributed by atoms with E-state index in [0.717, 1.165) is 14.2 Å². The van der Waals surface area contributed by atoms with Gasteiger partial charge in [-0.1, -0.05) is 78.1 Å². The molecule has 0 aliphatic heterocycles. The van der Waals surface area contributed by atoms with Crippen LogP contribution in [0.15, 0.2) is 84.9 Å². The molecule has 0 saturated carbocycles. The molecule has 24 heteroatoms. The lowest BCUT2D eigenvalue weighted by Gasteiger charge is -2.19. The van der Waals surface area contributed by atoms with Crippen molar-refractivity contribution in [3.8, 4) is 0 Å². The van der Waals surface area contributed by atoms with Gasteiger partial charge in [0.2, 0.25) is 0 Å². The summed E-state index contributed by atoms with van der Waals surface area (Å²) in [5, 5.41) is 12.9. The summed E-state index contributed by atoms with van der Waals surface area (Å²) in [6, 6.07) is 19.3. The van der Waals surface area contributed by atoms with E-state index in [4.69, 9.17) is 66.3 Å². The average Bonchev–Trinajstić information content (AvgIpc) is 3.29. The van der Waals surface area contributed by atoms with Gasteiger partial charge in [-0.25, -0.2) is 14.4 Å². The van der Waals surface area contributed by atoms with Crippen LogP contribution in [0.1, 0.15) is 95.3 Å². The molecule has 0 fully saturated rings. The number of nitrogens with one attached hydrogen (secondary N) is 5. The van der Waals surface area contributed by atoms with E-state index in [2.05, 4.69) is 26.6 Å². The Bertz CT molecular complexity index is 2530. The number of ketones is 2. The van der Waals surface area contributed by atoms with Crippen molar-refractivity contribution in [1.29, 1.82) is 0 Å². The number of esters is 2. The van der Waals surface area contributed by atoms with Crippen molar-refractivity contribution < 1.29 is 57.4 Å². The molecule has 0 aliphatic carbocycles. The highest BCUT2D eigenvalue weighted by atomic mass is 35.5. The van der Waals surface area contributed by atoms with Crippen molar-refractivity contribution in [3.05, 3.63) is 127 Å². The lowest BCUT2D eigenvalue weighted by Crippen LogP contribution is -2.42. The van der Waals surface area contributed by atoms with Crippen LogP contribution >= 0.6 is 73.4 Å². The Morgan fingerprint density at radius 3 is 1.32 bits per heavy atom. The van der Waals surface area contributed by atoms with Crippen LogP contribution in [0.2, 0.25) is 20.1 Å². The molecule has 72 heavy (non-hydrogen) atoms. The summed E-state index contributed by atoms with van der Waals surface area (Å²) in [6.45, 7) is 4.61. The second kappa shape index (κ2) is 32.1. The number of carbonyl (C=O) groups is 9. The number of ether oxygens (including phenoxy) is 3. The summed E-state index contributed by atoms with van der Waals surface area (Å²) < 4.78 is 14.6. The molecule has 5 amide bonds. The highest BCUT2D eigenvalue weighted by molar-refractivity contribution is 7.59. The predicted molar refractivity (Wildman–Crippen MR) is 287 cm³/mol. The Balaban J connectivity index is 0.00000137. The number of hydrogen-bond acceptors (Lipinski definition) is 13. The highest BCUT2D eigenvalue weighted by Crippen LogP contribution is 2.26. The van der Waals surface area contributed by atoms with Crippen molar-refractivity contribution in [2.24, 2.45) is 0 Å². The van der Waals surface area contributed by atoms with E-state index in [1.54, 1.807) is 63.2 Å². The molecule has 0 spiro atoms. The predicted octanol–water partition coefficient (Wildman–Crippen LogP) is 7.88. The van der Waals surface area contributed by atoms with Crippen LogP contribution in [-0.4, -0.2) is 98.2 Å².